The third-order valence-electron chi connectivity index (χ3n) is 14.3. The van der Waals surface area contributed by atoms with Gasteiger partial charge >= 0.3 is 17.9 Å². The molecule has 0 aliphatic carbocycles. The van der Waals surface area contributed by atoms with Crippen molar-refractivity contribution in [3.63, 3.8) is 0 Å². The molecule has 0 aliphatic heterocycles. The van der Waals surface area contributed by atoms with Crippen molar-refractivity contribution in [3.05, 3.63) is 97.2 Å². The largest absolute Gasteiger partial charge is 0.462 e. The Kier molecular flexibility index (Phi) is 62.7. The predicted molar refractivity (Wildman–Crippen MR) is 339 cm³/mol. The molecule has 1 unspecified atom stereocenters. The van der Waals surface area contributed by atoms with Gasteiger partial charge in [0.1, 0.15) is 13.2 Å². The summed E-state index contributed by atoms with van der Waals surface area (Å²) in [4.78, 5) is 38.4. The molecular formula is C72H124O6. The first-order valence-corrected chi connectivity index (χ1v) is 33.2. The summed E-state index contributed by atoms with van der Waals surface area (Å²) in [6.45, 7) is 6.51. The zero-order valence-corrected chi connectivity index (χ0v) is 51.4. The minimum atomic E-state index is -0.805. The summed E-state index contributed by atoms with van der Waals surface area (Å²) in [6.07, 6.45) is 88.5. The molecule has 0 saturated carbocycles. The third-order valence-corrected chi connectivity index (χ3v) is 14.3. The molecule has 0 fully saturated rings. The number of carbonyl (C=O) groups excluding carboxylic acids is 3. The van der Waals surface area contributed by atoms with Crippen LogP contribution in [0.3, 0.4) is 0 Å². The van der Waals surface area contributed by atoms with E-state index >= 15 is 0 Å². The van der Waals surface area contributed by atoms with Gasteiger partial charge in [-0.05, 0) is 96.3 Å². The first-order chi connectivity index (χ1) is 38.5. The second-order valence-electron chi connectivity index (χ2n) is 22.0. The van der Waals surface area contributed by atoms with Crippen LogP contribution in [0.2, 0.25) is 0 Å². The summed E-state index contributed by atoms with van der Waals surface area (Å²) in [5.74, 6) is -0.953. The maximum atomic E-state index is 12.9. The molecular weight excluding hydrogens is 961 g/mol. The molecule has 0 aromatic rings. The number of hydrogen-bond acceptors (Lipinski definition) is 6. The summed E-state index contributed by atoms with van der Waals surface area (Å²) in [6, 6.07) is 0. The van der Waals surface area contributed by atoms with Crippen LogP contribution in [-0.4, -0.2) is 37.2 Å². The Hall–Kier alpha value is -3.67. The molecule has 0 N–H and O–H groups in total. The highest BCUT2D eigenvalue weighted by Crippen LogP contribution is 2.17. The first kappa shape index (κ1) is 74.3. The van der Waals surface area contributed by atoms with Crippen LogP contribution in [0.15, 0.2) is 97.2 Å². The number of hydrogen-bond donors (Lipinski definition) is 0. The molecule has 0 radical (unpaired) electrons. The summed E-state index contributed by atoms with van der Waals surface area (Å²) in [5, 5.41) is 0. The third kappa shape index (κ3) is 63.2. The quantitative estimate of drug-likeness (QED) is 0.0261. The van der Waals surface area contributed by atoms with Gasteiger partial charge in [-0.2, -0.15) is 0 Å². The van der Waals surface area contributed by atoms with Crippen LogP contribution in [0, 0.1) is 0 Å². The number of esters is 3. The van der Waals surface area contributed by atoms with Crippen molar-refractivity contribution < 1.29 is 28.6 Å². The minimum Gasteiger partial charge on any atom is -0.462 e. The normalized spacial score (nSPS) is 12.7. The molecule has 6 nitrogen and oxygen atoms in total. The van der Waals surface area contributed by atoms with Gasteiger partial charge in [0.2, 0.25) is 0 Å². The first-order valence-electron chi connectivity index (χ1n) is 33.2. The van der Waals surface area contributed by atoms with Crippen LogP contribution in [-0.2, 0) is 28.6 Å². The van der Waals surface area contributed by atoms with E-state index in [0.717, 1.165) is 96.3 Å². The fourth-order valence-corrected chi connectivity index (χ4v) is 9.37. The lowest BCUT2D eigenvalue weighted by molar-refractivity contribution is -0.167. The highest BCUT2D eigenvalue weighted by atomic mass is 16.6. The van der Waals surface area contributed by atoms with Crippen molar-refractivity contribution >= 4 is 17.9 Å². The second-order valence-corrected chi connectivity index (χ2v) is 22.0. The van der Waals surface area contributed by atoms with Crippen LogP contribution in [0.1, 0.15) is 323 Å². The molecule has 0 saturated heterocycles. The average molecular weight is 1090 g/mol. The molecule has 0 aromatic carbocycles. The van der Waals surface area contributed by atoms with Gasteiger partial charge in [0.25, 0.3) is 0 Å². The number of carbonyl (C=O) groups is 3. The fourth-order valence-electron chi connectivity index (χ4n) is 9.37. The summed E-state index contributed by atoms with van der Waals surface area (Å²) < 4.78 is 16.9. The van der Waals surface area contributed by atoms with Gasteiger partial charge in [-0.25, -0.2) is 0 Å². The van der Waals surface area contributed by atoms with E-state index in [1.807, 2.05) is 0 Å². The maximum Gasteiger partial charge on any atom is 0.306 e. The van der Waals surface area contributed by atoms with Gasteiger partial charge in [0.15, 0.2) is 6.10 Å². The van der Waals surface area contributed by atoms with Gasteiger partial charge < -0.3 is 14.2 Å². The highest BCUT2D eigenvalue weighted by molar-refractivity contribution is 5.71. The lowest BCUT2D eigenvalue weighted by Crippen LogP contribution is -2.30. The van der Waals surface area contributed by atoms with Crippen molar-refractivity contribution in [1.29, 1.82) is 0 Å². The summed E-state index contributed by atoms with van der Waals surface area (Å²) >= 11 is 0. The summed E-state index contributed by atoms with van der Waals surface area (Å²) in [5.41, 5.74) is 0. The second kappa shape index (κ2) is 65.8. The lowest BCUT2D eigenvalue weighted by Gasteiger charge is -2.18. The van der Waals surface area contributed by atoms with Crippen molar-refractivity contribution in [2.45, 2.75) is 329 Å². The maximum absolute atomic E-state index is 12.9. The number of unbranched alkanes of at least 4 members (excludes halogenated alkanes) is 33. The zero-order chi connectivity index (χ0) is 56.4. The number of allylic oxidation sites excluding steroid dienone is 16. The van der Waals surface area contributed by atoms with Gasteiger partial charge in [-0.15, -0.1) is 0 Å². The number of ether oxygens (including phenoxy) is 3. The molecule has 1 atom stereocenters. The van der Waals surface area contributed by atoms with E-state index in [9.17, 15) is 14.4 Å². The van der Waals surface area contributed by atoms with Gasteiger partial charge in [0.05, 0.1) is 0 Å². The Bertz CT molecular complexity index is 1530. The van der Waals surface area contributed by atoms with E-state index in [4.69, 9.17) is 14.2 Å². The minimum absolute atomic E-state index is 0.0975. The molecule has 78 heavy (non-hydrogen) atoms. The standard InChI is InChI=1S/C72H124O6/c1-4-7-10-13-16-19-22-25-28-31-33-35-36-38-39-41-44-47-50-53-56-59-62-65-71(74)77-68-69(67-76-70(73)64-61-58-55-52-49-46-43-30-27-24-21-18-15-12-9-6-3)78-72(75)66-63-60-57-54-51-48-45-42-40-37-34-32-29-26-23-20-17-14-11-8-5-2/h7,10,16,19,25,28,30,33,35,38-39,43-44,47,53,56,69H,4-6,8-9,11-15,17-18,20-24,26-27,29,31-32,34,36-37,40-42,45-46,48-52,54-55,57-68H2,1-3H3/b10-7-,19-16-,28-25-,35-33-,39-38-,43-30-,47-44-,56-53-. The summed E-state index contributed by atoms with van der Waals surface area (Å²) in [7, 11) is 0. The molecule has 0 amide bonds. The van der Waals surface area contributed by atoms with E-state index in [1.165, 1.54) is 180 Å². The fraction of sp³-hybridized carbons (Fsp3) is 0.736. The van der Waals surface area contributed by atoms with Crippen LogP contribution >= 0.6 is 0 Å². The highest BCUT2D eigenvalue weighted by Gasteiger charge is 2.19. The Morgan fingerprint density at radius 1 is 0.269 bits per heavy atom. The SMILES string of the molecule is CC/C=C\C/C=C\C/C=C\C/C=C\C/C=C\C/C=C\C/C=C\CCCC(=O)OCC(COC(=O)CCCCCCC/C=C\CCCCCCCCC)OC(=O)CCCCCCCCCCCCCCCCCCCCCCC. The van der Waals surface area contributed by atoms with E-state index in [-0.39, 0.29) is 37.5 Å². The topological polar surface area (TPSA) is 78.9 Å². The van der Waals surface area contributed by atoms with E-state index in [1.54, 1.807) is 0 Å². The molecule has 6 heteroatoms. The predicted octanol–water partition coefficient (Wildman–Crippen LogP) is 22.8. The smallest absolute Gasteiger partial charge is 0.306 e. The van der Waals surface area contributed by atoms with Crippen LogP contribution < -0.4 is 0 Å². The Morgan fingerprint density at radius 2 is 0.513 bits per heavy atom. The van der Waals surface area contributed by atoms with E-state index in [0.29, 0.717) is 19.3 Å². The Labute approximate surface area is 483 Å². The van der Waals surface area contributed by atoms with Gasteiger partial charge in [0, 0.05) is 19.3 Å². The molecule has 0 bridgehead atoms. The van der Waals surface area contributed by atoms with Crippen molar-refractivity contribution in [2.75, 3.05) is 13.2 Å². The van der Waals surface area contributed by atoms with Crippen LogP contribution in [0.5, 0.6) is 0 Å². The molecule has 0 rings (SSSR count). The number of rotatable bonds is 60. The Balaban J connectivity index is 4.45. The monoisotopic (exact) mass is 1080 g/mol. The van der Waals surface area contributed by atoms with Gasteiger partial charge in [-0.3, -0.25) is 14.4 Å². The zero-order valence-electron chi connectivity index (χ0n) is 51.4. The molecule has 0 spiro atoms. The van der Waals surface area contributed by atoms with E-state index in [2.05, 4.69) is 118 Å². The van der Waals surface area contributed by atoms with Gasteiger partial charge in [-0.1, -0.05) is 304 Å². The molecule has 0 heterocycles. The van der Waals surface area contributed by atoms with E-state index < -0.39 is 6.10 Å². The molecule has 0 aliphatic rings. The molecule has 0 aromatic heterocycles. The average Bonchev–Trinajstić information content (AvgIpc) is 3.44. The van der Waals surface area contributed by atoms with Crippen LogP contribution in [0.25, 0.3) is 0 Å². The Morgan fingerprint density at radius 3 is 0.846 bits per heavy atom. The van der Waals surface area contributed by atoms with Crippen molar-refractivity contribution in [2.24, 2.45) is 0 Å². The lowest BCUT2D eigenvalue weighted by atomic mass is 10.0. The van der Waals surface area contributed by atoms with Crippen molar-refractivity contribution in [3.8, 4) is 0 Å². The molecule has 448 valence electrons. The van der Waals surface area contributed by atoms with Crippen LogP contribution in [0.4, 0.5) is 0 Å². The van der Waals surface area contributed by atoms with Crippen molar-refractivity contribution in [1.82, 2.24) is 0 Å².